The molecule has 5 nitrogen and oxygen atoms in total. The number of carbonyl (C=O) groups is 2. The Morgan fingerprint density at radius 2 is 2.06 bits per heavy atom. The molecule has 0 aliphatic rings. The first-order valence-electron chi connectivity index (χ1n) is 5.84. The van der Waals surface area contributed by atoms with Crippen molar-refractivity contribution in [3.05, 3.63) is 29.3 Å². The van der Waals surface area contributed by atoms with Gasteiger partial charge in [-0.15, -0.1) is 0 Å². The van der Waals surface area contributed by atoms with Crippen LogP contribution in [0.15, 0.2) is 18.2 Å². The highest BCUT2D eigenvalue weighted by atomic mass is 16.2. The Labute approximate surface area is 107 Å². The summed E-state index contributed by atoms with van der Waals surface area (Å²) >= 11 is 0. The predicted molar refractivity (Wildman–Crippen MR) is 71.2 cm³/mol. The van der Waals surface area contributed by atoms with Gasteiger partial charge in [0.25, 0.3) is 5.91 Å². The number of hydrogen-bond acceptors (Lipinski definition) is 3. The van der Waals surface area contributed by atoms with Crippen LogP contribution in [0, 0.1) is 6.92 Å². The van der Waals surface area contributed by atoms with Crippen LogP contribution in [0.2, 0.25) is 0 Å². The van der Waals surface area contributed by atoms with Crippen LogP contribution in [0.4, 0.5) is 5.69 Å². The van der Waals surface area contributed by atoms with Crippen molar-refractivity contribution >= 4 is 17.5 Å². The molecule has 0 aliphatic carbocycles. The summed E-state index contributed by atoms with van der Waals surface area (Å²) in [6.07, 6.45) is 0. The van der Waals surface area contributed by atoms with E-state index in [9.17, 15) is 9.59 Å². The Morgan fingerprint density at radius 3 is 2.61 bits per heavy atom. The number of nitrogen functional groups attached to an aromatic ring is 1. The van der Waals surface area contributed by atoms with Crippen molar-refractivity contribution in [1.29, 1.82) is 0 Å². The lowest BCUT2D eigenvalue weighted by atomic mass is 10.1. The van der Waals surface area contributed by atoms with Gasteiger partial charge in [0.2, 0.25) is 5.91 Å². The molecule has 98 valence electrons. The van der Waals surface area contributed by atoms with Gasteiger partial charge >= 0.3 is 0 Å². The summed E-state index contributed by atoms with van der Waals surface area (Å²) in [5.74, 6) is -0.347. The summed E-state index contributed by atoms with van der Waals surface area (Å²) in [4.78, 5) is 24.9. The fourth-order valence-electron chi connectivity index (χ4n) is 1.67. The smallest absolute Gasteiger partial charge is 0.254 e. The quantitative estimate of drug-likeness (QED) is 0.774. The van der Waals surface area contributed by atoms with Gasteiger partial charge in [-0.3, -0.25) is 9.59 Å². The second-order valence-corrected chi connectivity index (χ2v) is 4.19. The third-order valence-corrected chi connectivity index (χ3v) is 2.58. The summed E-state index contributed by atoms with van der Waals surface area (Å²) in [7, 11) is 1.60. The number of nitrogens with two attached hydrogens (primary N) is 1. The van der Waals surface area contributed by atoms with Crippen molar-refractivity contribution in [3.8, 4) is 0 Å². The van der Waals surface area contributed by atoms with Gasteiger partial charge in [0.15, 0.2) is 0 Å². The third-order valence-electron chi connectivity index (χ3n) is 2.58. The fraction of sp³-hybridized carbons (Fsp3) is 0.385. The Morgan fingerprint density at radius 1 is 1.39 bits per heavy atom. The maximum Gasteiger partial charge on any atom is 0.254 e. The largest absolute Gasteiger partial charge is 0.399 e. The zero-order chi connectivity index (χ0) is 13.7. The van der Waals surface area contributed by atoms with E-state index in [4.69, 9.17) is 5.73 Å². The minimum atomic E-state index is -0.182. The number of benzene rings is 1. The van der Waals surface area contributed by atoms with Crippen LogP contribution in [0.5, 0.6) is 0 Å². The number of rotatable bonds is 4. The van der Waals surface area contributed by atoms with Crippen molar-refractivity contribution in [2.45, 2.75) is 13.8 Å². The van der Waals surface area contributed by atoms with Crippen molar-refractivity contribution in [3.63, 3.8) is 0 Å². The van der Waals surface area contributed by atoms with Crippen LogP contribution >= 0.6 is 0 Å². The van der Waals surface area contributed by atoms with Crippen LogP contribution in [-0.4, -0.2) is 36.9 Å². The molecule has 0 aliphatic heterocycles. The first-order chi connectivity index (χ1) is 8.45. The molecule has 0 fully saturated rings. The van der Waals surface area contributed by atoms with Gasteiger partial charge in [-0.05, 0) is 37.6 Å². The number of nitrogens with one attached hydrogen (secondary N) is 1. The van der Waals surface area contributed by atoms with Crippen LogP contribution < -0.4 is 11.1 Å². The first kappa shape index (κ1) is 14.0. The van der Waals surface area contributed by atoms with E-state index in [1.54, 1.807) is 25.2 Å². The highest BCUT2D eigenvalue weighted by Gasteiger charge is 2.16. The molecule has 1 aromatic rings. The number of likely N-dealkylation sites (N-methyl/N-ethyl adjacent to an activating group) is 2. The average molecular weight is 249 g/mol. The SMILES string of the molecule is CCNC(=O)CN(C)C(=O)c1ccc(N)cc1C. The molecule has 0 heterocycles. The highest BCUT2D eigenvalue weighted by molar-refractivity contribution is 5.97. The number of nitrogens with zero attached hydrogens (tertiary/aromatic N) is 1. The number of anilines is 1. The molecular weight excluding hydrogens is 230 g/mol. The van der Waals surface area contributed by atoms with E-state index in [0.29, 0.717) is 17.8 Å². The summed E-state index contributed by atoms with van der Waals surface area (Å²) in [6.45, 7) is 4.27. The van der Waals surface area contributed by atoms with Crippen molar-refractivity contribution in [2.24, 2.45) is 0 Å². The van der Waals surface area contributed by atoms with Gasteiger partial charge in [-0.1, -0.05) is 0 Å². The van der Waals surface area contributed by atoms with Crippen LogP contribution in [0.1, 0.15) is 22.8 Å². The Kier molecular flexibility index (Phi) is 4.71. The van der Waals surface area contributed by atoms with E-state index in [2.05, 4.69) is 5.32 Å². The van der Waals surface area contributed by atoms with E-state index in [1.807, 2.05) is 13.8 Å². The minimum absolute atomic E-state index is 0.0521. The van der Waals surface area contributed by atoms with Gasteiger partial charge in [-0.2, -0.15) is 0 Å². The predicted octanol–water partition coefficient (Wildman–Crippen LogP) is 0.785. The molecule has 2 amide bonds. The van der Waals surface area contributed by atoms with Crippen LogP contribution in [0.25, 0.3) is 0 Å². The number of aryl methyl sites for hydroxylation is 1. The summed E-state index contributed by atoms with van der Waals surface area (Å²) in [5, 5.41) is 2.65. The third kappa shape index (κ3) is 3.48. The molecule has 0 radical (unpaired) electrons. The van der Waals surface area contributed by atoms with Gasteiger partial charge in [-0.25, -0.2) is 0 Å². The van der Waals surface area contributed by atoms with Crippen LogP contribution in [-0.2, 0) is 4.79 Å². The van der Waals surface area contributed by atoms with Crippen molar-refractivity contribution in [1.82, 2.24) is 10.2 Å². The number of carbonyl (C=O) groups excluding carboxylic acids is 2. The second kappa shape index (κ2) is 6.05. The maximum absolute atomic E-state index is 12.1. The lowest BCUT2D eigenvalue weighted by Gasteiger charge is -2.17. The van der Waals surface area contributed by atoms with Crippen LogP contribution in [0.3, 0.4) is 0 Å². The fourth-order valence-corrected chi connectivity index (χ4v) is 1.67. The molecule has 0 bridgehead atoms. The standard InChI is InChI=1S/C13H19N3O2/c1-4-15-12(17)8-16(3)13(18)11-6-5-10(14)7-9(11)2/h5-7H,4,8,14H2,1-3H3,(H,15,17). The molecule has 0 spiro atoms. The summed E-state index contributed by atoms with van der Waals surface area (Å²) in [5.41, 5.74) is 7.63. The molecular formula is C13H19N3O2. The Balaban J connectivity index is 2.77. The topological polar surface area (TPSA) is 75.4 Å². The molecule has 1 aromatic carbocycles. The molecule has 0 saturated carbocycles. The Hall–Kier alpha value is -2.04. The first-order valence-corrected chi connectivity index (χ1v) is 5.84. The van der Waals surface area contributed by atoms with E-state index < -0.39 is 0 Å². The molecule has 0 atom stereocenters. The van der Waals surface area contributed by atoms with Gasteiger partial charge in [0.05, 0.1) is 6.54 Å². The minimum Gasteiger partial charge on any atom is -0.399 e. The molecule has 1 rings (SSSR count). The van der Waals surface area contributed by atoms with E-state index in [0.717, 1.165) is 5.56 Å². The van der Waals surface area contributed by atoms with Gasteiger partial charge < -0.3 is 16.0 Å². The lowest BCUT2D eigenvalue weighted by Crippen LogP contribution is -2.38. The lowest BCUT2D eigenvalue weighted by molar-refractivity contribution is -0.121. The van der Waals surface area contributed by atoms with Gasteiger partial charge in [0, 0.05) is 24.8 Å². The molecule has 3 N–H and O–H groups in total. The van der Waals surface area contributed by atoms with E-state index in [-0.39, 0.29) is 18.4 Å². The zero-order valence-electron chi connectivity index (χ0n) is 11.0. The highest BCUT2D eigenvalue weighted by Crippen LogP contribution is 2.14. The molecule has 18 heavy (non-hydrogen) atoms. The maximum atomic E-state index is 12.1. The molecule has 0 unspecified atom stereocenters. The molecule has 5 heteroatoms. The number of amides is 2. The summed E-state index contributed by atoms with van der Waals surface area (Å²) in [6, 6.07) is 5.11. The monoisotopic (exact) mass is 249 g/mol. The molecule has 0 aromatic heterocycles. The van der Waals surface area contributed by atoms with Gasteiger partial charge in [0.1, 0.15) is 0 Å². The van der Waals surface area contributed by atoms with Crippen molar-refractivity contribution in [2.75, 3.05) is 25.9 Å². The molecule has 0 saturated heterocycles. The zero-order valence-corrected chi connectivity index (χ0v) is 11.0. The normalized spacial score (nSPS) is 9.94. The van der Waals surface area contributed by atoms with E-state index >= 15 is 0 Å². The second-order valence-electron chi connectivity index (χ2n) is 4.19. The number of hydrogen-bond donors (Lipinski definition) is 2. The van der Waals surface area contributed by atoms with E-state index in [1.165, 1.54) is 4.90 Å². The summed E-state index contributed by atoms with van der Waals surface area (Å²) < 4.78 is 0. The van der Waals surface area contributed by atoms with Crippen molar-refractivity contribution < 1.29 is 9.59 Å². The average Bonchev–Trinajstić information content (AvgIpc) is 2.28. The Bertz CT molecular complexity index is 458.